The molecule has 3 aliphatic rings. The van der Waals surface area contributed by atoms with Gasteiger partial charge in [0.1, 0.15) is 5.75 Å². The minimum Gasteiger partial charge on any atom is -0.493 e. The first-order valence-electron chi connectivity index (χ1n) is 9.50. The second kappa shape index (κ2) is 6.67. The zero-order valence-corrected chi connectivity index (χ0v) is 15.5. The van der Waals surface area contributed by atoms with Gasteiger partial charge >= 0.3 is 0 Å². The van der Waals surface area contributed by atoms with Crippen LogP contribution in [0.5, 0.6) is 5.75 Å². The summed E-state index contributed by atoms with van der Waals surface area (Å²) in [5, 5.41) is 9.34. The van der Waals surface area contributed by atoms with E-state index in [-0.39, 0.29) is 5.91 Å². The van der Waals surface area contributed by atoms with Gasteiger partial charge in [0.25, 0.3) is 0 Å². The molecule has 2 unspecified atom stereocenters. The Hall–Kier alpha value is -1.92. The minimum absolute atomic E-state index is 0.0968. The summed E-state index contributed by atoms with van der Waals surface area (Å²) < 4.78 is 5.56. The first-order chi connectivity index (χ1) is 12.7. The highest BCUT2D eigenvalue weighted by molar-refractivity contribution is 7.14. The molecule has 2 bridgehead atoms. The van der Waals surface area contributed by atoms with E-state index in [2.05, 4.69) is 21.7 Å². The lowest BCUT2D eigenvalue weighted by atomic mass is 9.89. The van der Waals surface area contributed by atoms with E-state index >= 15 is 0 Å². The van der Waals surface area contributed by atoms with Crippen molar-refractivity contribution >= 4 is 22.4 Å². The molecule has 0 radical (unpaired) electrons. The molecule has 5 rings (SSSR count). The fraction of sp³-hybridized carbons (Fsp3) is 0.500. The van der Waals surface area contributed by atoms with Gasteiger partial charge in [0, 0.05) is 35.9 Å². The van der Waals surface area contributed by atoms with Crippen LogP contribution in [0, 0.1) is 5.92 Å². The molecule has 4 heterocycles. The molecule has 0 aliphatic carbocycles. The Bertz CT molecular complexity index is 822. The molecule has 2 N–H and O–H groups in total. The Kier molecular flexibility index (Phi) is 4.17. The molecular weight excluding hydrogens is 346 g/mol. The Morgan fingerprint density at radius 2 is 2.15 bits per heavy atom. The molecule has 5 nitrogen and oxygen atoms in total. The van der Waals surface area contributed by atoms with Crippen LogP contribution in [0.2, 0.25) is 0 Å². The van der Waals surface area contributed by atoms with Gasteiger partial charge in [-0.1, -0.05) is 0 Å². The van der Waals surface area contributed by atoms with Gasteiger partial charge in [-0.2, -0.15) is 0 Å². The Balaban J connectivity index is 1.22. The van der Waals surface area contributed by atoms with Gasteiger partial charge < -0.3 is 15.4 Å². The second-order valence-electron chi connectivity index (χ2n) is 7.69. The van der Waals surface area contributed by atoms with E-state index in [0.717, 1.165) is 42.9 Å². The topological polar surface area (TPSA) is 63.2 Å². The largest absolute Gasteiger partial charge is 0.493 e. The first kappa shape index (κ1) is 16.3. The van der Waals surface area contributed by atoms with E-state index in [0.29, 0.717) is 29.6 Å². The van der Waals surface area contributed by atoms with Crippen molar-refractivity contribution in [3.05, 3.63) is 29.1 Å². The summed E-state index contributed by atoms with van der Waals surface area (Å²) in [5.74, 6) is 1.58. The number of aromatic nitrogens is 1. The predicted molar refractivity (Wildman–Crippen MR) is 103 cm³/mol. The summed E-state index contributed by atoms with van der Waals surface area (Å²) in [6.45, 7) is 0.759. The van der Waals surface area contributed by atoms with Crippen molar-refractivity contribution < 1.29 is 9.53 Å². The molecule has 1 amide bonds. The third-order valence-electron chi connectivity index (χ3n) is 5.78. The standard InChI is InChI=1S/C20H23N3O2S/c24-19(9-12-7-15-2-3-16(8-12)21-15)23-20-22-17(11-26-20)13-1-4-18-14(10-13)5-6-25-18/h1,4,10-12,15-16,21H,2-3,5-9H2,(H,22,23,24). The van der Waals surface area contributed by atoms with E-state index in [4.69, 9.17) is 4.74 Å². The Morgan fingerprint density at radius 3 is 3.00 bits per heavy atom. The number of rotatable bonds is 4. The maximum Gasteiger partial charge on any atom is 0.226 e. The van der Waals surface area contributed by atoms with Crippen molar-refractivity contribution in [1.82, 2.24) is 10.3 Å². The Morgan fingerprint density at radius 1 is 1.31 bits per heavy atom. The molecular formula is C20H23N3O2S. The molecule has 1 aromatic heterocycles. The number of nitrogens with one attached hydrogen (secondary N) is 2. The molecule has 26 heavy (non-hydrogen) atoms. The lowest BCUT2D eigenvalue weighted by molar-refractivity contribution is -0.117. The summed E-state index contributed by atoms with van der Waals surface area (Å²) >= 11 is 1.49. The number of ether oxygens (including phenoxy) is 1. The number of piperidine rings is 1. The first-order valence-corrected chi connectivity index (χ1v) is 10.4. The van der Waals surface area contributed by atoms with Crippen molar-refractivity contribution in [3.63, 3.8) is 0 Å². The van der Waals surface area contributed by atoms with Gasteiger partial charge in [-0.3, -0.25) is 4.79 Å². The number of anilines is 1. The quantitative estimate of drug-likeness (QED) is 0.864. The number of benzene rings is 1. The lowest BCUT2D eigenvalue weighted by Gasteiger charge is -2.28. The number of thiazole rings is 1. The monoisotopic (exact) mass is 369 g/mol. The smallest absolute Gasteiger partial charge is 0.226 e. The van der Waals surface area contributed by atoms with E-state index in [1.165, 1.54) is 29.7 Å². The summed E-state index contributed by atoms with van der Waals surface area (Å²) in [4.78, 5) is 17.0. The van der Waals surface area contributed by atoms with Crippen molar-refractivity contribution in [2.45, 2.75) is 50.6 Å². The number of amides is 1. The van der Waals surface area contributed by atoms with E-state index < -0.39 is 0 Å². The maximum atomic E-state index is 12.4. The Labute approximate surface area is 157 Å². The molecule has 2 fully saturated rings. The van der Waals surface area contributed by atoms with Gasteiger partial charge in [-0.15, -0.1) is 11.3 Å². The highest BCUT2D eigenvalue weighted by Crippen LogP contribution is 2.34. The second-order valence-corrected chi connectivity index (χ2v) is 8.54. The van der Waals surface area contributed by atoms with Crippen molar-refractivity contribution in [2.75, 3.05) is 11.9 Å². The molecule has 2 saturated heterocycles. The van der Waals surface area contributed by atoms with Crippen LogP contribution in [0.4, 0.5) is 5.13 Å². The van der Waals surface area contributed by atoms with Gasteiger partial charge in [-0.25, -0.2) is 4.98 Å². The summed E-state index contributed by atoms with van der Waals surface area (Å²) in [6, 6.07) is 7.45. The molecule has 2 aromatic rings. The SMILES string of the molecule is O=C(CC1CC2CCC(C1)N2)Nc1nc(-c2ccc3c(c2)CCO3)cs1. The fourth-order valence-electron chi connectivity index (χ4n) is 4.58. The number of carbonyl (C=O) groups is 1. The molecule has 6 heteroatoms. The lowest BCUT2D eigenvalue weighted by Crippen LogP contribution is -2.39. The van der Waals surface area contributed by atoms with Gasteiger partial charge in [0.2, 0.25) is 5.91 Å². The van der Waals surface area contributed by atoms with Crippen LogP contribution < -0.4 is 15.4 Å². The van der Waals surface area contributed by atoms with Gasteiger partial charge in [-0.05, 0) is 55.4 Å². The number of carbonyl (C=O) groups excluding carboxylic acids is 1. The van der Waals surface area contributed by atoms with Crippen LogP contribution in [-0.2, 0) is 11.2 Å². The van der Waals surface area contributed by atoms with Crippen LogP contribution in [-0.4, -0.2) is 29.6 Å². The number of hydrogen-bond donors (Lipinski definition) is 2. The van der Waals surface area contributed by atoms with Crippen LogP contribution in [0.1, 0.15) is 37.7 Å². The number of hydrogen-bond acceptors (Lipinski definition) is 5. The average Bonchev–Trinajstić information content (AvgIpc) is 3.34. The highest BCUT2D eigenvalue weighted by Gasteiger charge is 2.34. The maximum absolute atomic E-state index is 12.4. The molecule has 136 valence electrons. The number of fused-ring (bicyclic) bond motifs is 3. The van der Waals surface area contributed by atoms with Crippen molar-refractivity contribution in [3.8, 4) is 17.0 Å². The van der Waals surface area contributed by atoms with E-state index in [9.17, 15) is 4.79 Å². The summed E-state index contributed by atoms with van der Waals surface area (Å²) in [5.41, 5.74) is 3.24. The summed E-state index contributed by atoms with van der Waals surface area (Å²) in [7, 11) is 0. The highest BCUT2D eigenvalue weighted by atomic mass is 32.1. The van der Waals surface area contributed by atoms with Crippen LogP contribution in [0.3, 0.4) is 0 Å². The molecule has 2 atom stereocenters. The molecule has 0 spiro atoms. The predicted octanol–water partition coefficient (Wildman–Crippen LogP) is 3.60. The third kappa shape index (κ3) is 3.23. The molecule has 1 aromatic carbocycles. The zero-order valence-electron chi connectivity index (χ0n) is 14.7. The minimum atomic E-state index is 0.0968. The fourth-order valence-corrected chi connectivity index (χ4v) is 5.32. The van der Waals surface area contributed by atoms with Gasteiger partial charge in [0.05, 0.1) is 12.3 Å². The van der Waals surface area contributed by atoms with Gasteiger partial charge in [0.15, 0.2) is 5.13 Å². The van der Waals surface area contributed by atoms with Crippen LogP contribution in [0.15, 0.2) is 23.6 Å². The summed E-state index contributed by atoms with van der Waals surface area (Å²) in [6.07, 6.45) is 6.36. The van der Waals surface area contributed by atoms with E-state index in [1.807, 2.05) is 17.5 Å². The van der Waals surface area contributed by atoms with Crippen LogP contribution in [0.25, 0.3) is 11.3 Å². The molecule has 3 aliphatic heterocycles. The third-order valence-corrected chi connectivity index (χ3v) is 6.54. The normalized spacial score (nSPS) is 26.4. The zero-order chi connectivity index (χ0) is 17.5. The van der Waals surface area contributed by atoms with Crippen molar-refractivity contribution in [2.24, 2.45) is 5.92 Å². The van der Waals surface area contributed by atoms with Crippen molar-refractivity contribution in [1.29, 1.82) is 0 Å². The average molecular weight is 369 g/mol. The number of nitrogens with zero attached hydrogens (tertiary/aromatic N) is 1. The molecule has 0 saturated carbocycles. The van der Waals surface area contributed by atoms with E-state index in [1.54, 1.807) is 0 Å². The van der Waals surface area contributed by atoms with Crippen LogP contribution >= 0.6 is 11.3 Å².